The van der Waals surface area contributed by atoms with Gasteiger partial charge in [0.1, 0.15) is 11.5 Å². The summed E-state index contributed by atoms with van der Waals surface area (Å²) in [5.41, 5.74) is 0.751. The van der Waals surface area contributed by atoms with Gasteiger partial charge in [0.2, 0.25) is 5.91 Å². The van der Waals surface area contributed by atoms with Gasteiger partial charge < -0.3 is 10.6 Å². The number of carbonyl (C=O) groups is 1. The van der Waals surface area contributed by atoms with Crippen molar-refractivity contribution in [2.24, 2.45) is 5.92 Å². The van der Waals surface area contributed by atoms with Crippen LogP contribution >= 0.6 is 12.4 Å². The summed E-state index contributed by atoms with van der Waals surface area (Å²) in [6.45, 7) is 1.69. The van der Waals surface area contributed by atoms with Crippen LogP contribution in [0.2, 0.25) is 0 Å². The number of amides is 1. The van der Waals surface area contributed by atoms with Crippen molar-refractivity contribution in [2.45, 2.75) is 51.1 Å². The minimum Gasteiger partial charge on any atom is -0.325 e. The molecule has 3 unspecified atom stereocenters. The van der Waals surface area contributed by atoms with Gasteiger partial charge in [-0.05, 0) is 60.7 Å². The number of aryl methyl sites for hydroxylation is 1. The fourth-order valence-corrected chi connectivity index (χ4v) is 3.96. The van der Waals surface area contributed by atoms with Crippen molar-refractivity contribution in [2.75, 3.05) is 5.32 Å². The maximum Gasteiger partial charge on any atom is 0.241 e. The summed E-state index contributed by atoms with van der Waals surface area (Å²) in [7, 11) is 0. The molecule has 1 aromatic carbocycles. The molecule has 0 radical (unpaired) electrons. The SMILES string of the molecule is Cc1nnnn1-c1cc(NC(=O)C2CC3CCCCC3N2)ccc1F.Cl. The Morgan fingerprint density at radius 3 is 2.88 bits per heavy atom. The molecule has 1 amide bonds. The van der Waals surface area contributed by atoms with E-state index in [1.807, 2.05) is 0 Å². The van der Waals surface area contributed by atoms with Gasteiger partial charge in [-0.1, -0.05) is 12.8 Å². The van der Waals surface area contributed by atoms with Gasteiger partial charge in [-0.25, -0.2) is 4.39 Å². The molecule has 1 saturated carbocycles. The van der Waals surface area contributed by atoms with Gasteiger partial charge in [0.05, 0.1) is 6.04 Å². The summed E-state index contributed by atoms with van der Waals surface area (Å²) < 4.78 is 15.4. The Bertz CT molecular complexity index is 783. The monoisotopic (exact) mass is 380 g/mol. The van der Waals surface area contributed by atoms with Crippen LogP contribution in [0.5, 0.6) is 0 Å². The molecule has 0 spiro atoms. The summed E-state index contributed by atoms with van der Waals surface area (Å²) in [4.78, 5) is 12.6. The van der Waals surface area contributed by atoms with E-state index in [0.29, 0.717) is 23.5 Å². The van der Waals surface area contributed by atoms with Crippen molar-refractivity contribution in [3.05, 3.63) is 29.8 Å². The Labute approximate surface area is 157 Å². The molecule has 26 heavy (non-hydrogen) atoms. The third-order valence-electron chi connectivity index (χ3n) is 5.25. The standard InChI is InChI=1S/C17H21FN6O.ClH/c1-10-21-22-23-24(10)16-9-12(6-7-13(16)18)19-17(25)15-8-11-4-2-3-5-14(11)20-15;/h6-7,9,11,14-15,20H,2-5,8H2,1H3,(H,19,25);1H. The third kappa shape index (κ3) is 3.57. The Morgan fingerprint density at radius 2 is 2.15 bits per heavy atom. The molecule has 1 aliphatic carbocycles. The van der Waals surface area contributed by atoms with E-state index >= 15 is 0 Å². The molecular weight excluding hydrogens is 359 g/mol. The van der Waals surface area contributed by atoms with Gasteiger partial charge in [0.15, 0.2) is 5.82 Å². The lowest BCUT2D eigenvalue weighted by molar-refractivity contribution is -0.117. The van der Waals surface area contributed by atoms with E-state index in [1.165, 1.54) is 30.0 Å². The maximum atomic E-state index is 14.1. The van der Waals surface area contributed by atoms with Crippen molar-refractivity contribution in [1.82, 2.24) is 25.5 Å². The number of nitrogens with zero attached hydrogens (tertiary/aromatic N) is 4. The molecular formula is C17H22ClFN6O. The van der Waals surface area contributed by atoms with Crippen LogP contribution in [0, 0.1) is 18.7 Å². The average molecular weight is 381 g/mol. The zero-order valence-electron chi connectivity index (χ0n) is 14.5. The molecule has 2 heterocycles. The lowest BCUT2D eigenvalue weighted by atomic mass is 9.85. The molecule has 0 bridgehead atoms. The van der Waals surface area contributed by atoms with Gasteiger partial charge in [0.25, 0.3) is 0 Å². The van der Waals surface area contributed by atoms with Crippen LogP contribution in [0.25, 0.3) is 5.69 Å². The molecule has 2 N–H and O–H groups in total. The average Bonchev–Trinajstić information content (AvgIpc) is 3.22. The molecule has 2 fully saturated rings. The van der Waals surface area contributed by atoms with Crippen LogP contribution in [0.1, 0.15) is 37.9 Å². The highest BCUT2D eigenvalue weighted by molar-refractivity contribution is 5.95. The minimum atomic E-state index is -0.446. The van der Waals surface area contributed by atoms with Gasteiger partial charge in [0, 0.05) is 11.7 Å². The first kappa shape index (κ1) is 18.7. The Kier molecular flexibility index (Phi) is 5.52. The normalized spacial score (nSPS) is 24.6. The summed E-state index contributed by atoms with van der Waals surface area (Å²) in [5, 5.41) is 17.4. The summed E-state index contributed by atoms with van der Waals surface area (Å²) in [5.74, 6) is 0.555. The molecule has 1 aromatic heterocycles. The number of rotatable bonds is 3. The largest absolute Gasteiger partial charge is 0.325 e. The van der Waals surface area contributed by atoms with E-state index in [1.54, 1.807) is 19.1 Å². The number of fused-ring (bicyclic) bond motifs is 1. The zero-order valence-corrected chi connectivity index (χ0v) is 15.3. The third-order valence-corrected chi connectivity index (χ3v) is 5.25. The van der Waals surface area contributed by atoms with Crippen LogP contribution in [0.3, 0.4) is 0 Å². The predicted molar refractivity (Wildman–Crippen MR) is 97.0 cm³/mol. The van der Waals surface area contributed by atoms with Gasteiger partial charge >= 0.3 is 0 Å². The van der Waals surface area contributed by atoms with E-state index in [0.717, 1.165) is 12.8 Å². The number of benzene rings is 1. The second-order valence-corrected chi connectivity index (χ2v) is 6.90. The van der Waals surface area contributed by atoms with Gasteiger partial charge in [-0.3, -0.25) is 4.79 Å². The number of aromatic nitrogens is 4. The van der Waals surface area contributed by atoms with Crippen molar-refractivity contribution in [1.29, 1.82) is 0 Å². The highest BCUT2D eigenvalue weighted by atomic mass is 35.5. The number of tetrazole rings is 1. The molecule has 140 valence electrons. The Morgan fingerprint density at radius 1 is 1.35 bits per heavy atom. The second kappa shape index (κ2) is 7.67. The highest BCUT2D eigenvalue weighted by Gasteiger charge is 2.38. The van der Waals surface area contributed by atoms with Crippen LogP contribution in [0.4, 0.5) is 10.1 Å². The van der Waals surface area contributed by atoms with Crippen molar-refractivity contribution in [3.8, 4) is 5.69 Å². The summed E-state index contributed by atoms with van der Waals surface area (Å²) in [6.07, 6.45) is 5.70. The number of halogens is 2. The van der Waals surface area contributed by atoms with E-state index in [-0.39, 0.29) is 30.0 Å². The lowest BCUT2D eigenvalue weighted by Gasteiger charge is -2.24. The number of hydrogen-bond acceptors (Lipinski definition) is 5. The van der Waals surface area contributed by atoms with Crippen molar-refractivity contribution >= 4 is 24.0 Å². The Balaban J connectivity index is 0.00000196. The maximum absolute atomic E-state index is 14.1. The predicted octanol–water partition coefficient (Wildman–Crippen LogP) is 2.39. The van der Waals surface area contributed by atoms with Crippen LogP contribution in [0.15, 0.2) is 18.2 Å². The smallest absolute Gasteiger partial charge is 0.241 e. The molecule has 4 rings (SSSR count). The molecule has 7 nitrogen and oxygen atoms in total. The van der Waals surface area contributed by atoms with Crippen molar-refractivity contribution < 1.29 is 9.18 Å². The van der Waals surface area contributed by atoms with E-state index in [2.05, 4.69) is 26.2 Å². The fraction of sp³-hybridized carbons (Fsp3) is 0.529. The molecule has 1 saturated heterocycles. The molecule has 3 atom stereocenters. The molecule has 2 aromatic rings. The summed E-state index contributed by atoms with van der Waals surface area (Å²) in [6, 6.07) is 4.69. The number of hydrogen-bond donors (Lipinski definition) is 2. The van der Waals surface area contributed by atoms with Crippen LogP contribution in [-0.2, 0) is 4.79 Å². The van der Waals surface area contributed by atoms with E-state index < -0.39 is 5.82 Å². The number of nitrogens with one attached hydrogen (secondary N) is 2. The van der Waals surface area contributed by atoms with Gasteiger partial charge in [-0.15, -0.1) is 17.5 Å². The molecule has 9 heteroatoms. The zero-order chi connectivity index (χ0) is 17.4. The number of carbonyl (C=O) groups excluding carboxylic acids is 1. The second-order valence-electron chi connectivity index (χ2n) is 6.90. The van der Waals surface area contributed by atoms with E-state index in [9.17, 15) is 9.18 Å². The molecule has 2 aliphatic rings. The topological polar surface area (TPSA) is 84.7 Å². The fourth-order valence-electron chi connectivity index (χ4n) is 3.96. The first-order valence-corrected chi connectivity index (χ1v) is 8.73. The summed E-state index contributed by atoms with van der Waals surface area (Å²) >= 11 is 0. The van der Waals surface area contributed by atoms with Crippen molar-refractivity contribution in [3.63, 3.8) is 0 Å². The lowest BCUT2D eigenvalue weighted by Crippen LogP contribution is -2.39. The van der Waals surface area contributed by atoms with E-state index in [4.69, 9.17) is 0 Å². The van der Waals surface area contributed by atoms with Gasteiger partial charge in [-0.2, -0.15) is 4.68 Å². The first-order chi connectivity index (χ1) is 12.1. The molecule has 1 aliphatic heterocycles. The first-order valence-electron chi connectivity index (χ1n) is 8.73. The van der Waals surface area contributed by atoms with Crippen LogP contribution in [-0.4, -0.2) is 38.2 Å². The Hall–Kier alpha value is -2.06. The quantitative estimate of drug-likeness (QED) is 0.854. The highest BCUT2D eigenvalue weighted by Crippen LogP contribution is 2.33. The minimum absolute atomic E-state index is 0. The van der Waals surface area contributed by atoms with Crippen LogP contribution < -0.4 is 10.6 Å². The number of anilines is 1.